The first-order chi connectivity index (χ1) is 13.8. The molecular formula is C19H20F3N5O2. The Bertz CT molecular complexity index is 1020. The van der Waals surface area contributed by atoms with E-state index in [0.29, 0.717) is 36.4 Å². The number of ether oxygens (including phenoxy) is 1. The van der Waals surface area contributed by atoms with E-state index >= 15 is 0 Å². The molecule has 1 atom stereocenters. The van der Waals surface area contributed by atoms with E-state index < -0.39 is 17.5 Å². The number of benzene rings is 1. The van der Waals surface area contributed by atoms with Crippen molar-refractivity contribution >= 4 is 11.5 Å². The van der Waals surface area contributed by atoms with Crippen molar-refractivity contribution in [3.05, 3.63) is 42.1 Å². The number of rotatable bonds is 3. The van der Waals surface area contributed by atoms with Crippen molar-refractivity contribution in [2.45, 2.75) is 12.2 Å². The normalized spacial score (nSPS) is 18.7. The van der Waals surface area contributed by atoms with Crippen LogP contribution in [0.5, 0.6) is 5.75 Å². The Morgan fingerprint density at radius 3 is 2.83 bits per heavy atom. The summed E-state index contributed by atoms with van der Waals surface area (Å²) >= 11 is 0. The van der Waals surface area contributed by atoms with Gasteiger partial charge in [-0.25, -0.2) is 0 Å². The van der Waals surface area contributed by atoms with Crippen LogP contribution in [0.3, 0.4) is 0 Å². The minimum absolute atomic E-state index is 0.00715. The molecule has 1 aliphatic heterocycles. The Hall–Kier alpha value is -2.85. The number of halogens is 3. The molecular weight excluding hydrogens is 387 g/mol. The van der Waals surface area contributed by atoms with E-state index in [2.05, 4.69) is 20.4 Å². The lowest BCUT2D eigenvalue weighted by Crippen LogP contribution is -2.36. The van der Waals surface area contributed by atoms with E-state index in [1.165, 1.54) is 6.07 Å². The summed E-state index contributed by atoms with van der Waals surface area (Å²) in [6.07, 6.45) is -2.76. The topological polar surface area (TPSA) is 74.9 Å². The highest BCUT2D eigenvalue weighted by molar-refractivity contribution is 5.81. The number of hydrogen-bond donors (Lipinski definition) is 2. The van der Waals surface area contributed by atoms with Crippen LogP contribution in [0.1, 0.15) is 5.56 Å². The predicted molar refractivity (Wildman–Crippen MR) is 101 cm³/mol. The largest absolute Gasteiger partial charge is 0.507 e. The van der Waals surface area contributed by atoms with Crippen LogP contribution in [-0.2, 0) is 10.9 Å². The first kappa shape index (κ1) is 19.5. The van der Waals surface area contributed by atoms with Crippen LogP contribution in [0.25, 0.3) is 16.8 Å². The van der Waals surface area contributed by atoms with E-state index in [0.717, 1.165) is 19.2 Å². The van der Waals surface area contributed by atoms with Crippen molar-refractivity contribution < 1.29 is 23.0 Å². The van der Waals surface area contributed by atoms with Crippen molar-refractivity contribution in [1.82, 2.24) is 19.5 Å². The van der Waals surface area contributed by atoms with Gasteiger partial charge in [-0.3, -0.25) is 4.40 Å². The first-order valence-electron chi connectivity index (χ1n) is 9.10. The highest BCUT2D eigenvalue weighted by Crippen LogP contribution is 2.37. The molecule has 1 saturated heterocycles. The molecule has 7 nitrogen and oxygen atoms in total. The maximum absolute atomic E-state index is 12.9. The molecule has 0 saturated carbocycles. The number of fused-ring (bicyclic) bond motifs is 1. The summed E-state index contributed by atoms with van der Waals surface area (Å²) in [7, 11) is 2.01. The zero-order chi connectivity index (χ0) is 20.6. The predicted octanol–water partition coefficient (Wildman–Crippen LogP) is 2.86. The number of nitrogens with zero attached hydrogens (tertiary/aromatic N) is 4. The van der Waals surface area contributed by atoms with Crippen LogP contribution in [0.15, 0.2) is 36.5 Å². The van der Waals surface area contributed by atoms with Gasteiger partial charge in [-0.05, 0) is 37.4 Å². The standard InChI is InChI=1S/C19H20F3N5O2/c1-26-7-8-29-11-13(10-26)23-18-25-24-17(15-3-2-6-27(15)18)14-5-4-12(9-16(14)28)19(20,21)22/h2-6,9,13,28H,7-8,10-11H2,1H3,(H,23,25). The summed E-state index contributed by atoms with van der Waals surface area (Å²) < 4.78 is 46.0. The van der Waals surface area contributed by atoms with Crippen LogP contribution in [-0.4, -0.2) is 64.0 Å². The molecule has 1 unspecified atom stereocenters. The van der Waals surface area contributed by atoms with Gasteiger partial charge in [-0.15, -0.1) is 10.2 Å². The molecule has 1 aliphatic rings. The Morgan fingerprint density at radius 1 is 1.24 bits per heavy atom. The van der Waals surface area contributed by atoms with Crippen molar-refractivity contribution in [2.24, 2.45) is 0 Å². The fraction of sp³-hybridized carbons (Fsp3) is 0.368. The van der Waals surface area contributed by atoms with E-state index in [4.69, 9.17) is 4.74 Å². The Kier molecular flexibility index (Phi) is 5.05. The molecule has 1 fully saturated rings. The van der Waals surface area contributed by atoms with Crippen LogP contribution in [0.4, 0.5) is 19.1 Å². The summed E-state index contributed by atoms with van der Waals surface area (Å²) in [4.78, 5) is 2.15. The molecule has 0 radical (unpaired) electrons. The molecule has 0 spiro atoms. The molecule has 0 amide bonds. The monoisotopic (exact) mass is 407 g/mol. The molecule has 0 bridgehead atoms. The van der Waals surface area contributed by atoms with E-state index in [-0.39, 0.29) is 11.6 Å². The third-order valence-electron chi connectivity index (χ3n) is 4.85. The zero-order valence-electron chi connectivity index (χ0n) is 15.6. The van der Waals surface area contributed by atoms with Gasteiger partial charge in [0.25, 0.3) is 0 Å². The summed E-state index contributed by atoms with van der Waals surface area (Å²) in [6, 6.07) is 6.37. The van der Waals surface area contributed by atoms with Crippen molar-refractivity contribution in [2.75, 3.05) is 38.7 Å². The van der Waals surface area contributed by atoms with Crippen LogP contribution in [0, 0.1) is 0 Å². The lowest BCUT2D eigenvalue weighted by atomic mass is 10.1. The van der Waals surface area contributed by atoms with Crippen LogP contribution in [0.2, 0.25) is 0 Å². The van der Waals surface area contributed by atoms with E-state index in [1.54, 1.807) is 22.7 Å². The lowest BCUT2D eigenvalue weighted by Gasteiger charge is -2.21. The third-order valence-corrected chi connectivity index (χ3v) is 4.85. The molecule has 10 heteroatoms. The molecule has 4 rings (SSSR count). The molecule has 0 aliphatic carbocycles. The number of likely N-dealkylation sites (N-methyl/N-ethyl adjacent to an activating group) is 1. The number of phenolic OH excluding ortho intramolecular Hbond substituents is 1. The van der Waals surface area contributed by atoms with Gasteiger partial charge in [0.15, 0.2) is 0 Å². The van der Waals surface area contributed by atoms with Gasteiger partial charge in [0.1, 0.15) is 11.4 Å². The average molecular weight is 407 g/mol. The maximum atomic E-state index is 12.9. The SMILES string of the molecule is CN1CCOCC(Nc2nnc(-c3ccc(C(F)(F)F)cc3O)c3cccn23)C1. The minimum Gasteiger partial charge on any atom is -0.507 e. The molecule has 3 aromatic rings. The maximum Gasteiger partial charge on any atom is 0.416 e. The summed E-state index contributed by atoms with van der Waals surface area (Å²) in [5, 5.41) is 21.9. The summed E-state index contributed by atoms with van der Waals surface area (Å²) in [5.74, 6) is -0.0132. The molecule has 2 aromatic heterocycles. The number of phenols is 1. The number of aromatic nitrogens is 3. The van der Waals surface area contributed by atoms with E-state index in [1.807, 2.05) is 7.05 Å². The molecule has 154 valence electrons. The van der Waals surface area contributed by atoms with Gasteiger partial charge in [-0.1, -0.05) is 0 Å². The smallest absolute Gasteiger partial charge is 0.416 e. The fourth-order valence-corrected chi connectivity index (χ4v) is 3.39. The summed E-state index contributed by atoms with van der Waals surface area (Å²) in [5.41, 5.74) is 0.161. The van der Waals surface area contributed by atoms with E-state index in [9.17, 15) is 18.3 Å². The third kappa shape index (κ3) is 3.99. The second-order valence-electron chi connectivity index (χ2n) is 7.04. The highest BCUT2D eigenvalue weighted by Gasteiger charge is 2.31. The van der Waals surface area contributed by atoms with Crippen molar-refractivity contribution in [3.63, 3.8) is 0 Å². The molecule has 2 N–H and O–H groups in total. The second-order valence-corrected chi connectivity index (χ2v) is 7.04. The van der Waals surface area contributed by atoms with Gasteiger partial charge in [0.2, 0.25) is 5.95 Å². The van der Waals surface area contributed by atoms with Crippen LogP contribution >= 0.6 is 0 Å². The minimum atomic E-state index is -4.53. The summed E-state index contributed by atoms with van der Waals surface area (Å²) in [6.45, 7) is 2.79. The van der Waals surface area contributed by atoms with Gasteiger partial charge in [-0.2, -0.15) is 13.2 Å². The van der Waals surface area contributed by atoms with Gasteiger partial charge in [0.05, 0.1) is 30.3 Å². The fourth-order valence-electron chi connectivity index (χ4n) is 3.39. The van der Waals surface area contributed by atoms with Gasteiger partial charge < -0.3 is 20.1 Å². The average Bonchev–Trinajstić information content (AvgIpc) is 3.06. The Morgan fingerprint density at radius 2 is 2.07 bits per heavy atom. The van der Waals surface area contributed by atoms with Crippen molar-refractivity contribution in [1.29, 1.82) is 0 Å². The Labute approximate surface area is 164 Å². The number of anilines is 1. The highest BCUT2D eigenvalue weighted by atomic mass is 19.4. The molecule has 1 aromatic carbocycles. The number of hydrogen-bond acceptors (Lipinski definition) is 6. The number of nitrogens with one attached hydrogen (secondary N) is 1. The van der Waals surface area contributed by atoms with Gasteiger partial charge in [0, 0.05) is 24.8 Å². The second kappa shape index (κ2) is 7.53. The first-order valence-corrected chi connectivity index (χ1v) is 9.10. The zero-order valence-corrected chi connectivity index (χ0v) is 15.6. The molecule has 3 heterocycles. The number of alkyl halides is 3. The Balaban J connectivity index is 1.68. The quantitative estimate of drug-likeness (QED) is 0.696. The lowest BCUT2D eigenvalue weighted by molar-refractivity contribution is -0.137. The molecule has 29 heavy (non-hydrogen) atoms. The number of aromatic hydroxyl groups is 1. The van der Waals surface area contributed by atoms with Gasteiger partial charge >= 0.3 is 6.18 Å². The van der Waals surface area contributed by atoms with Crippen molar-refractivity contribution in [3.8, 4) is 17.0 Å². The van der Waals surface area contributed by atoms with Crippen LogP contribution < -0.4 is 5.32 Å².